The Labute approximate surface area is 273 Å². The molecule has 2 aliphatic rings. The Kier molecular flexibility index (Phi) is 10.7. The summed E-state index contributed by atoms with van der Waals surface area (Å²) in [7, 11) is 0. The Hall–Kier alpha value is -4.32. The Morgan fingerprint density at radius 3 is 2.46 bits per heavy atom. The van der Waals surface area contributed by atoms with E-state index in [4.69, 9.17) is 0 Å². The van der Waals surface area contributed by atoms with Crippen LogP contribution >= 0.6 is 11.3 Å². The van der Waals surface area contributed by atoms with Gasteiger partial charge in [-0.05, 0) is 49.8 Å². The lowest BCUT2D eigenvalue weighted by molar-refractivity contribution is -0.142. The zero-order valence-electron chi connectivity index (χ0n) is 26.5. The number of nitrogens with zero attached hydrogens (tertiary/aromatic N) is 3. The predicted octanol–water partition coefficient (Wildman–Crippen LogP) is 2.44. The fourth-order valence-corrected chi connectivity index (χ4v) is 7.10. The van der Waals surface area contributed by atoms with E-state index in [2.05, 4.69) is 20.9 Å². The molecule has 2 saturated heterocycles. The molecule has 1 aromatic heterocycles. The van der Waals surface area contributed by atoms with Crippen molar-refractivity contribution in [2.75, 3.05) is 19.6 Å². The normalized spacial score (nSPS) is 23.4. The molecule has 46 heavy (non-hydrogen) atoms. The van der Waals surface area contributed by atoms with Crippen LogP contribution in [0.5, 0.6) is 0 Å². The third-order valence-corrected chi connectivity index (χ3v) is 9.62. The number of hydrogen-bond acceptors (Lipinski definition) is 7. The van der Waals surface area contributed by atoms with Gasteiger partial charge in [-0.2, -0.15) is 0 Å². The minimum Gasteiger partial charge on any atom is -0.349 e. The second-order valence-electron chi connectivity index (χ2n) is 12.5. The van der Waals surface area contributed by atoms with E-state index >= 15 is 0 Å². The molecule has 2 aromatic carbocycles. The largest absolute Gasteiger partial charge is 0.349 e. The van der Waals surface area contributed by atoms with Gasteiger partial charge in [0.05, 0.1) is 27.8 Å². The Morgan fingerprint density at radius 1 is 0.978 bits per heavy atom. The van der Waals surface area contributed by atoms with E-state index < -0.39 is 30.1 Å². The monoisotopic (exact) mass is 646 g/mol. The Morgan fingerprint density at radius 2 is 1.72 bits per heavy atom. The molecule has 0 bridgehead atoms. The van der Waals surface area contributed by atoms with Crippen LogP contribution in [0.1, 0.15) is 50.6 Å². The highest BCUT2D eigenvalue weighted by Gasteiger charge is 2.39. The van der Waals surface area contributed by atoms with Crippen LogP contribution in [-0.2, 0) is 36.8 Å². The molecule has 0 spiro atoms. The maximum atomic E-state index is 13.8. The van der Waals surface area contributed by atoms with Crippen molar-refractivity contribution in [3.05, 3.63) is 65.2 Å². The number of thiazole rings is 1. The van der Waals surface area contributed by atoms with Gasteiger partial charge in [-0.3, -0.25) is 24.0 Å². The summed E-state index contributed by atoms with van der Waals surface area (Å²) in [4.78, 5) is 75.4. The number of aromatic nitrogens is 1. The summed E-state index contributed by atoms with van der Waals surface area (Å²) in [5.41, 5.74) is 1.82. The van der Waals surface area contributed by atoms with Gasteiger partial charge in [0.1, 0.15) is 18.1 Å². The van der Waals surface area contributed by atoms with Crippen molar-refractivity contribution in [2.24, 2.45) is 5.92 Å². The first-order chi connectivity index (χ1) is 22.1. The topological polar surface area (TPSA) is 141 Å². The van der Waals surface area contributed by atoms with E-state index in [0.717, 1.165) is 20.8 Å². The molecule has 3 heterocycles. The molecule has 5 amide bonds. The van der Waals surface area contributed by atoms with E-state index in [9.17, 15) is 24.0 Å². The van der Waals surface area contributed by atoms with Gasteiger partial charge in [-0.1, -0.05) is 56.3 Å². The molecule has 12 heteroatoms. The quantitative estimate of drug-likeness (QED) is 0.376. The fraction of sp³-hybridized carbons (Fsp3) is 0.471. The zero-order chi connectivity index (χ0) is 32.8. The molecule has 0 radical (unpaired) electrons. The molecule has 11 nitrogen and oxygen atoms in total. The first-order valence-corrected chi connectivity index (χ1v) is 16.8. The van der Waals surface area contributed by atoms with Crippen LogP contribution in [0, 0.1) is 5.92 Å². The smallest absolute Gasteiger partial charge is 0.245 e. The molecule has 5 rings (SSSR count). The molecule has 4 atom stereocenters. The van der Waals surface area contributed by atoms with Crippen molar-refractivity contribution in [2.45, 2.75) is 77.0 Å². The molecular weight excluding hydrogens is 604 g/mol. The third kappa shape index (κ3) is 8.09. The number of aryl methyl sites for hydroxylation is 1. The second kappa shape index (κ2) is 14.8. The lowest BCUT2D eigenvalue weighted by Crippen LogP contribution is -2.58. The van der Waals surface area contributed by atoms with Gasteiger partial charge >= 0.3 is 0 Å². The molecule has 0 aliphatic carbocycles. The SMILES string of the molecule is CC(C)[C@@H]1NC(=O)[C@H]2CCCN2C(=O)[C@H](C)NC(=O)CN(C(=O)CCc2nc3ccccc3s2)C[C@H](Cc2ccccc2)NC1=O. The van der Waals surface area contributed by atoms with Crippen LogP contribution in [0.3, 0.4) is 0 Å². The van der Waals surface area contributed by atoms with Gasteiger partial charge in [0.25, 0.3) is 0 Å². The summed E-state index contributed by atoms with van der Waals surface area (Å²) in [5, 5.41) is 9.56. The molecule has 0 unspecified atom stereocenters. The van der Waals surface area contributed by atoms with Crippen molar-refractivity contribution >= 4 is 51.1 Å². The highest BCUT2D eigenvalue weighted by molar-refractivity contribution is 7.18. The van der Waals surface area contributed by atoms with E-state index in [0.29, 0.717) is 32.2 Å². The minimum atomic E-state index is -0.897. The van der Waals surface area contributed by atoms with Gasteiger partial charge < -0.3 is 25.8 Å². The summed E-state index contributed by atoms with van der Waals surface area (Å²) in [6.07, 6.45) is 2.03. The van der Waals surface area contributed by atoms with Gasteiger partial charge in [0.2, 0.25) is 29.5 Å². The zero-order valence-corrected chi connectivity index (χ0v) is 27.3. The number of carbonyl (C=O) groups excluding carboxylic acids is 5. The number of nitrogens with one attached hydrogen (secondary N) is 3. The third-order valence-electron chi connectivity index (χ3n) is 8.52. The van der Waals surface area contributed by atoms with Crippen LogP contribution in [0.25, 0.3) is 10.2 Å². The standard InChI is InChI=1S/C34H42N6O5S/c1-21(2)31-33(44)36-24(18-23-10-5-4-6-11-23)19-39(30(42)16-15-29-37-25-12-7-8-14-27(25)46-29)20-28(41)35-22(3)34(45)40-17-9-13-26(40)32(43)38-31/h4-8,10-12,14,21-22,24,26,31H,9,13,15-20H2,1-3H3,(H,35,41)(H,36,44)(H,38,43)/t22-,24-,26+,31-/m0/s1. The number of para-hydroxylation sites is 1. The number of carbonyl (C=O) groups is 5. The summed E-state index contributed by atoms with van der Waals surface area (Å²) in [6, 6.07) is 14.3. The Balaban J connectivity index is 1.43. The first kappa shape index (κ1) is 33.1. The number of benzene rings is 2. The summed E-state index contributed by atoms with van der Waals surface area (Å²) >= 11 is 1.53. The lowest BCUT2D eigenvalue weighted by atomic mass is 10.00. The molecular formula is C34H42N6O5S. The van der Waals surface area contributed by atoms with Crippen LogP contribution in [0.4, 0.5) is 0 Å². The molecule has 2 aliphatic heterocycles. The average molecular weight is 647 g/mol. The Bertz CT molecular complexity index is 1540. The molecule has 0 saturated carbocycles. The number of hydrogen-bond donors (Lipinski definition) is 3. The summed E-state index contributed by atoms with van der Waals surface area (Å²) in [6.45, 7) is 5.44. The maximum absolute atomic E-state index is 13.8. The van der Waals surface area contributed by atoms with Crippen LogP contribution in [0.15, 0.2) is 54.6 Å². The number of amides is 5. The second-order valence-corrected chi connectivity index (χ2v) is 13.6. The van der Waals surface area contributed by atoms with E-state index in [-0.39, 0.29) is 49.1 Å². The van der Waals surface area contributed by atoms with Gasteiger partial charge in [-0.25, -0.2) is 4.98 Å². The predicted molar refractivity (Wildman–Crippen MR) is 176 cm³/mol. The van der Waals surface area contributed by atoms with Crippen LogP contribution in [0.2, 0.25) is 0 Å². The molecule has 3 aromatic rings. The summed E-state index contributed by atoms with van der Waals surface area (Å²) in [5.74, 6) is -2.14. The van der Waals surface area contributed by atoms with Crippen molar-refractivity contribution in [1.29, 1.82) is 0 Å². The molecule has 244 valence electrons. The maximum Gasteiger partial charge on any atom is 0.245 e. The van der Waals surface area contributed by atoms with E-state index in [1.807, 2.05) is 68.4 Å². The van der Waals surface area contributed by atoms with Gasteiger partial charge in [-0.15, -0.1) is 11.3 Å². The van der Waals surface area contributed by atoms with Crippen molar-refractivity contribution in [3.63, 3.8) is 0 Å². The van der Waals surface area contributed by atoms with Crippen LogP contribution in [-0.4, -0.2) is 88.1 Å². The molecule has 3 N–H and O–H groups in total. The van der Waals surface area contributed by atoms with Crippen LogP contribution < -0.4 is 16.0 Å². The van der Waals surface area contributed by atoms with Gasteiger partial charge in [0, 0.05) is 25.9 Å². The number of rotatable bonds is 6. The van der Waals surface area contributed by atoms with E-state index in [1.54, 1.807) is 6.92 Å². The fourth-order valence-electron chi connectivity index (χ4n) is 6.13. The van der Waals surface area contributed by atoms with Crippen molar-refractivity contribution < 1.29 is 24.0 Å². The van der Waals surface area contributed by atoms with Crippen molar-refractivity contribution in [1.82, 2.24) is 30.7 Å². The highest BCUT2D eigenvalue weighted by Crippen LogP contribution is 2.23. The lowest BCUT2D eigenvalue weighted by Gasteiger charge is -2.31. The van der Waals surface area contributed by atoms with Gasteiger partial charge in [0.15, 0.2) is 0 Å². The molecule has 2 fully saturated rings. The van der Waals surface area contributed by atoms with E-state index in [1.165, 1.54) is 21.1 Å². The minimum absolute atomic E-state index is 0.0581. The summed E-state index contributed by atoms with van der Waals surface area (Å²) < 4.78 is 1.04. The average Bonchev–Trinajstić information content (AvgIpc) is 3.69. The number of fused-ring (bicyclic) bond motifs is 2. The van der Waals surface area contributed by atoms with Crippen molar-refractivity contribution in [3.8, 4) is 0 Å². The highest BCUT2D eigenvalue weighted by atomic mass is 32.1. The first-order valence-electron chi connectivity index (χ1n) is 16.0.